The minimum atomic E-state index is -5.47. The Morgan fingerprint density at radius 3 is 2.42 bits per heavy atom. The van der Waals surface area contributed by atoms with Crippen LogP contribution in [0, 0.1) is 11.6 Å². The Balaban J connectivity index is 1.69. The molecule has 0 aliphatic carbocycles. The third-order valence-corrected chi connectivity index (χ3v) is 5.20. The molecule has 4 rings (SSSR count). The number of carbonyl (C=O) groups excluding carboxylic acids is 1. The molecule has 3 heterocycles. The van der Waals surface area contributed by atoms with Crippen molar-refractivity contribution in [3.8, 4) is 22.8 Å². The zero-order chi connectivity index (χ0) is 27.9. The number of aromatic nitrogens is 3. The van der Waals surface area contributed by atoms with E-state index in [4.69, 9.17) is 4.52 Å². The van der Waals surface area contributed by atoms with E-state index in [9.17, 15) is 39.9 Å². The van der Waals surface area contributed by atoms with E-state index < -0.39 is 59.6 Å². The first-order valence-corrected chi connectivity index (χ1v) is 10.3. The molecule has 17 heteroatoms. The standard InChI is InChI=1S/C21H13F8N5O4/c1-19(6-15(20(24,25)26)36-18(32-19)34-38-17(35)21(27,28)29)11-4-9(2-3-12(11)23)14-5-13(33-37-14)16-30-7-10(22)8-31-16/h2-5,7-8,15H,6H2,1H3,(H,32,34)/t15-,19-/m0/s1. The minimum Gasteiger partial charge on any atom is -0.450 e. The normalized spacial score (nSPS) is 19.9. The number of amidine groups is 1. The van der Waals surface area contributed by atoms with Gasteiger partial charge in [0.2, 0.25) is 0 Å². The Bertz CT molecular complexity index is 1370. The van der Waals surface area contributed by atoms with Crippen molar-refractivity contribution >= 4 is 12.0 Å². The van der Waals surface area contributed by atoms with Gasteiger partial charge >= 0.3 is 24.3 Å². The fourth-order valence-electron chi connectivity index (χ4n) is 3.43. The van der Waals surface area contributed by atoms with Gasteiger partial charge in [0.05, 0.1) is 17.9 Å². The largest absolute Gasteiger partial charge is 0.493 e. The van der Waals surface area contributed by atoms with Crippen LogP contribution in [0.3, 0.4) is 0 Å². The van der Waals surface area contributed by atoms with Crippen molar-refractivity contribution in [2.45, 2.75) is 37.3 Å². The summed E-state index contributed by atoms with van der Waals surface area (Å²) in [6, 6.07) is 3.27. The smallest absolute Gasteiger partial charge is 0.450 e. The Hall–Kier alpha value is -4.31. The topological polar surface area (TPSA) is 112 Å². The number of aliphatic imine (C=N–C) groups is 1. The van der Waals surface area contributed by atoms with Gasteiger partial charge in [-0.1, -0.05) is 5.16 Å². The third kappa shape index (κ3) is 5.65. The third-order valence-electron chi connectivity index (χ3n) is 5.20. The lowest BCUT2D eigenvalue weighted by Crippen LogP contribution is -2.48. The van der Waals surface area contributed by atoms with Crippen LogP contribution in [0.4, 0.5) is 35.1 Å². The van der Waals surface area contributed by atoms with Gasteiger partial charge in [-0.2, -0.15) is 31.8 Å². The van der Waals surface area contributed by atoms with Crippen LogP contribution >= 0.6 is 0 Å². The summed E-state index contributed by atoms with van der Waals surface area (Å²) < 4.78 is 116. The number of halogens is 8. The minimum absolute atomic E-state index is 0.00126. The molecule has 0 amide bonds. The molecule has 2 aromatic heterocycles. The Morgan fingerprint density at radius 2 is 1.79 bits per heavy atom. The van der Waals surface area contributed by atoms with Crippen LogP contribution in [0.15, 0.2) is 46.2 Å². The first-order chi connectivity index (χ1) is 17.7. The molecule has 0 saturated carbocycles. The number of nitrogens with zero attached hydrogens (tertiary/aromatic N) is 4. The highest BCUT2D eigenvalue weighted by molar-refractivity contribution is 5.80. The van der Waals surface area contributed by atoms with Gasteiger partial charge in [0.1, 0.15) is 5.82 Å². The summed E-state index contributed by atoms with van der Waals surface area (Å²) in [4.78, 5) is 25.9. The van der Waals surface area contributed by atoms with Gasteiger partial charge in [0.15, 0.2) is 29.2 Å². The van der Waals surface area contributed by atoms with E-state index in [1.165, 1.54) is 17.6 Å². The van der Waals surface area contributed by atoms with E-state index in [0.29, 0.717) is 0 Å². The molecule has 0 saturated heterocycles. The van der Waals surface area contributed by atoms with Crippen molar-refractivity contribution in [3.63, 3.8) is 0 Å². The van der Waals surface area contributed by atoms with Crippen LogP contribution in [-0.2, 0) is 19.9 Å². The van der Waals surface area contributed by atoms with Gasteiger partial charge in [-0.05, 0) is 25.1 Å². The van der Waals surface area contributed by atoms with Gasteiger partial charge in [0, 0.05) is 23.6 Å². The summed E-state index contributed by atoms with van der Waals surface area (Å²) in [6.45, 7) is 1.07. The van der Waals surface area contributed by atoms with E-state index in [0.717, 1.165) is 31.5 Å². The van der Waals surface area contributed by atoms with Crippen LogP contribution in [0.1, 0.15) is 18.9 Å². The first-order valence-electron chi connectivity index (χ1n) is 10.3. The van der Waals surface area contributed by atoms with Crippen molar-refractivity contribution in [1.29, 1.82) is 0 Å². The highest BCUT2D eigenvalue weighted by Gasteiger charge is 2.51. The molecule has 1 aliphatic rings. The summed E-state index contributed by atoms with van der Waals surface area (Å²) >= 11 is 0. The molecule has 0 fully saturated rings. The molecule has 1 aliphatic heterocycles. The number of hydrogen-bond donors (Lipinski definition) is 1. The van der Waals surface area contributed by atoms with Gasteiger partial charge in [0.25, 0.3) is 0 Å². The Morgan fingerprint density at radius 1 is 1.11 bits per heavy atom. The highest BCUT2D eigenvalue weighted by Crippen LogP contribution is 2.42. The van der Waals surface area contributed by atoms with Gasteiger partial charge in [-0.25, -0.2) is 28.5 Å². The zero-order valence-electron chi connectivity index (χ0n) is 18.7. The summed E-state index contributed by atoms with van der Waals surface area (Å²) in [5.74, 6) is -4.51. The molecule has 38 heavy (non-hydrogen) atoms. The number of ether oxygens (including phenoxy) is 1. The van der Waals surface area contributed by atoms with Gasteiger partial charge in [-0.3, -0.25) is 0 Å². The quantitative estimate of drug-likeness (QED) is 0.371. The Kier molecular flexibility index (Phi) is 6.71. The fourth-order valence-corrected chi connectivity index (χ4v) is 3.43. The van der Waals surface area contributed by atoms with E-state index in [1.54, 1.807) is 0 Å². The molecule has 2 atom stereocenters. The van der Waals surface area contributed by atoms with Crippen molar-refractivity contribution in [1.82, 2.24) is 20.6 Å². The molecule has 1 aromatic carbocycles. The molecule has 0 spiro atoms. The maximum absolute atomic E-state index is 14.9. The summed E-state index contributed by atoms with van der Waals surface area (Å²) in [7, 11) is 0. The molecule has 9 nitrogen and oxygen atoms in total. The van der Waals surface area contributed by atoms with E-state index in [2.05, 4.69) is 29.7 Å². The number of rotatable bonds is 3. The van der Waals surface area contributed by atoms with E-state index >= 15 is 0 Å². The molecule has 0 unspecified atom stereocenters. The summed E-state index contributed by atoms with van der Waals surface area (Å²) in [6.07, 6.45) is -12.4. The summed E-state index contributed by atoms with van der Waals surface area (Å²) in [5.41, 5.74) is -1.00. The number of hydroxylamine groups is 1. The number of benzene rings is 1. The maximum atomic E-state index is 14.9. The van der Waals surface area contributed by atoms with Crippen LogP contribution < -0.4 is 5.48 Å². The maximum Gasteiger partial charge on any atom is 0.493 e. The molecule has 3 aromatic rings. The van der Waals surface area contributed by atoms with Crippen molar-refractivity contribution in [3.05, 3.63) is 53.9 Å². The van der Waals surface area contributed by atoms with E-state index in [1.807, 2.05) is 0 Å². The second kappa shape index (κ2) is 9.53. The van der Waals surface area contributed by atoms with E-state index in [-0.39, 0.29) is 22.8 Å². The Labute approximate surface area is 206 Å². The average molecular weight is 551 g/mol. The number of nitrogens with one attached hydrogen (secondary N) is 1. The van der Waals surface area contributed by atoms with Crippen molar-refractivity contribution in [2.24, 2.45) is 4.99 Å². The predicted molar refractivity (Wildman–Crippen MR) is 108 cm³/mol. The van der Waals surface area contributed by atoms with Crippen molar-refractivity contribution < 1.29 is 54.0 Å². The van der Waals surface area contributed by atoms with Crippen LogP contribution in [0.25, 0.3) is 22.8 Å². The fraction of sp³-hybridized carbons (Fsp3) is 0.286. The first kappa shape index (κ1) is 26.7. The average Bonchev–Trinajstić information content (AvgIpc) is 3.32. The van der Waals surface area contributed by atoms with Crippen LogP contribution in [0.5, 0.6) is 0 Å². The van der Waals surface area contributed by atoms with Crippen LogP contribution in [0.2, 0.25) is 0 Å². The highest BCUT2D eigenvalue weighted by atomic mass is 19.4. The lowest BCUT2D eigenvalue weighted by Gasteiger charge is -2.36. The van der Waals surface area contributed by atoms with Gasteiger partial charge < -0.3 is 14.1 Å². The molecule has 0 bridgehead atoms. The number of alkyl halides is 6. The molecular weight excluding hydrogens is 538 g/mol. The molecule has 202 valence electrons. The summed E-state index contributed by atoms with van der Waals surface area (Å²) in [5, 5.41) is 3.73. The lowest BCUT2D eigenvalue weighted by molar-refractivity contribution is -0.215. The van der Waals surface area contributed by atoms with Crippen molar-refractivity contribution in [2.75, 3.05) is 0 Å². The van der Waals surface area contributed by atoms with Gasteiger partial charge in [-0.15, -0.1) is 0 Å². The molecule has 1 N–H and O–H groups in total. The second-order valence-electron chi connectivity index (χ2n) is 8.03. The molecular formula is C21H13F8N5O4. The predicted octanol–water partition coefficient (Wildman–Crippen LogP) is 4.61. The second-order valence-corrected chi connectivity index (χ2v) is 8.03. The zero-order valence-corrected chi connectivity index (χ0v) is 18.7. The monoisotopic (exact) mass is 551 g/mol. The lowest BCUT2D eigenvalue weighted by atomic mass is 9.84. The van der Waals surface area contributed by atoms with Crippen LogP contribution in [-0.4, -0.2) is 45.6 Å². The molecule has 0 radical (unpaired) electrons. The SMILES string of the molecule is C[C@@]1(c2cc(-c3cc(-c4ncc(F)cn4)no3)ccc2F)C[C@@H](C(F)(F)F)OC(NOC(=O)C(F)(F)F)=N1. The number of hydrogen-bond acceptors (Lipinski definition) is 9. The number of carbonyl (C=O) groups is 1.